The lowest BCUT2D eigenvalue weighted by atomic mass is 9.89. The number of guanidine groups is 1. The van der Waals surface area contributed by atoms with Gasteiger partial charge in [0, 0.05) is 37.9 Å². The summed E-state index contributed by atoms with van der Waals surface area (Å²) in [6, 6.07) is 1.99. The third-order valence-corrected chi connectivity index (χ3v) is 3.89. The molecule has 1 N–H and O–H groups in total. The predicted molar refractivity (Wildman–Crippen MR) is 102 cm³/mol. The third-order valence-electron chi connectivity index (χ3n) is 3.68. The maximum atomic E-state index is 6.04. The van der Waals surface area contributed by atoms with Crippen molar-refractivity contribution in [3.63, 3.8) is 0 Å². The molecule has 7 heteroatoms. The standard InChI is InChI=1S/C15H25ClN4O.HI/c1-5-17-14(18-9-15(2)10-21-11-15)20(4)8-13-6-12(16)7-19(13)3;/h6-7H,5,8-11H2,1-4H3,(H,17,18);1H. The van der Waals surface area contributed by atoms with Gasteiger partial charge in [0.2, 0.25) is 0 Å². The lowest BCUT2D eigenvalue weighted by Gasteiger charge is -2.37. The Kier molecular flexibility index (Phi) is 7.48. The third kappa shape index (κ3) is 5.03. The van der Waals surface area contributed by atoms with E-state index in [2.05, 4.69) is 24.1 Å². The van der Waals surface area contributed by atoms with Crippen molar-refractivity contribution >= 4 is 41.5 Å². The Morgan fingerprint density at radius 3 is 2.68 bits per heavy atom. The van der Waals surface area contributed by atoms with Gasteiger partial charge in [0.1, 0.15) is 0 Å². The molecule has 0 saturated carbocycles. The summed E-state index contributed by atoms with van der Waals surface area (Å²) in [6.45, 7) is 8.29. The molecular weight excluding hydrogens is 415 g/mol. The highest BCUT2D eigenvalue weighted by molar-refractivity contribution is 14.0. The van der Waals surface area contributed by atoms with Crippen LogP contribution < -0.4 is 5.32 Å². The second-order valence-electron chi connectivity index (χ2n) is 6.09. The average molecular weight is 441 g/mol. The number of hydrogen-bond acceptors (Lipinski definition) is 2. The van der Waals surface area contributed by atoms with Gasteiger partial charge in [-0.1, -0.05) is 18.5 Å². The lowest BCUT2D eigenvalue weighted by molar-refractivity contribution is -0.0946. The maximum absolute atomic E-state index is 6.04. The van der Waals surface area contributed by atoms with Crippen molar-refractivity contribution in [1.82, 2.24) is 14.8 Å². The zero-order valence-corrected chi connectivity index (χ0v) is 16.8. The highest BCUT2D eigenvalue weighted by atomic mass is 127. The van der Waals surface area contributed by atoms with Gasteiger partial charge in [-0.05, 0) is 13.0 Å². The predicted octanol–water partition coefficient (Wildman–Crippen LogP) is 2.73. The summed E-state index contributed by atoms with van der Waals surface area (Å²) in [5.74, 6) is 0.919. The number of rotatable bonds is 5. The van der Waals surface area contributed by atoms with Crippen LogP contribution in [0.3, 0.4) is 0 Å². The van der Waals surface area contributed by atoms with Crippen LogP contribution in [0.1, 0.15) is 19.5 Å². The van der Waals surface area contributed by atoms with Gasteiger partial charge in [0.25, 0.3) is 0 Å². The van der Waals surface area contributed by atoms with E-state index in [4.69, 9.17) is 21.3 Å². The number of hydrogen-bond donors (Lipinski definition) is 1. The molecule has 0 aliphatic carbocycles. The Labute approximate surface area is 155 Å². The minimum Gasteiger partial charge on any atom is -0.380 e. The molecule has 0 atom stereocenters. The van der Waals surface area contributed by atoms with Crippen molar-refractivity contribution in [3.05, 3.63) is 23.0 Å². The summed E-state index contributed by atoms with van der Waals surface area (Å²) in [7, 11) is 4.05. The topological polar surface area (TPSA) is 41.8 Å². The molecule has 5 nitrogen and oxygen atoms in total. The molecular formula is C15H26ClIN4O. The molecule has 2 heterocycles. The van der Waals surface area contributed by atoms with Gasteiger partial charge in [-0.25, -0.2) is 0 Å². The summed E-state index contributed by atoms with van der Waals surface area (Å²) < 4.78 is 7.33. The number of aromatic nitrogens is 1. The monoisotopic (exact) mass is 440 g/mol. The van der Waals surface area contributed by atoms with Crippen LogP contribution in [-0.4, -0.2) is 48.8 Å². The average Bonchev–Trinajstić information content (AvgIpc) is 2.70. The summed E-state index contributed by atoms with van der Waals surface area (Å²) in [4.78, 5) is 6.87. The van der Waals surface area contributed by atoms with Gasteiger partial charge in [0.15, 0.2) is 5.96 Å². The number of nitrogens with zero attached hydrogens (tertiary/aromatic N) is 3. The Hall–Kier alpha value is -0.470. The molecule has 1 fully saturated rings. The number of halogens is 2. The van der Waals surface area contributed by atoms with E-state index >= 15 is 0 Å². The van der Waals surface area contributed by atoms with Crippen LogP contribution in [0.5, 0.6) is 0 Å². The number of ether oxygens (including phenoxy) is 1. The van der Waals surface area contributed by atoms with Crippen LogP contribution in [0.15, 0.2) is 17.3 Å². The minimum atomic E-state index is 0. The van der Waals surface area contributed by atoms with Crippen LogP contribution in [0.4, 0.5) is 0 Å². The van der Waals surface area contributed by atoms with E-state index < -0.39 is 0 Å². The maximum Gasteiger partial charge on any atom is 0.194 e. The molecule has 22 heavy (non-hydrogen) atoms. The Morgan fingerprint density at radius 2 is 2.23 bits per heavy atom. The van der Waals surface area contributed by atoms with E-state index in [1.807, 2.05) is 30.9 Å². The van der Waals surface area contributed by atoms with Gasteiger partial charge < -0.3 is 19.5 Å². The molecule has 1 aliphatic heterocycles. The van der Waals surface area contributed by atoms with E-state index in [0.717, 1.165) is 49.5 Å². The van der Waals surface area contributed by atoms with E-state index in [1.54, 1.807) is 0 Å². The summed E-state index contributed by atoms with van der Waals surface area (Å²) in [5.41, 5.74) is 1.35. The van der Waals surface area contributed by atoms with Crippen molar-refractivity contribution < 1.29 is 4.74 Å². The molecule has 126 valence electrons. The number of nitrogens with one attached hydrogen (secondary N) is 1. The molecule has 1 aromatic heterocycles. The van der Waals surface area contributed by atoms with Gasteiger partial charge in [-0.3, -0.25) is 4.99 Å². The molecule has 0 unspecified atom stereocenters. The summed E-state index contributed by atoms with van der Waals surface area (Å²) in [5, 5.41) is 4.11. The lowest BCUT2D eigenvalue weighted by Crippen LogP contribution is -2.44. The second-order valence-corrected chi connectivity index (χ2v) is 6.53. The molecule has 0 bridgehead atoms. The van der Waals surface area contributed by atoms with E-state index in [9.17, 15) is 0 Å². The Morgan fingerprint density at radius 1 is 1.55 bits per heavy atom. The number of aryl methyl sites for hydroxylation is 1. The molecule has 1 aromatic rings. The van der Waals surface area contributed by atoms with Crippen molar-refractivity contribution in [1.29, 1.82) is 0 Å². The first-order chi connectivity index (χ1) is 9.93. The fraction of sp³-hybridized carbons (Fsp3) is 0.667. The van der Waals surface area contributed by atoms with E-state index in [0.29, 0.717) is 0 Å². The Bertz CT molecular complexity index is 514. The zero-order valence-electron chi connectivity index (χ0n) is 13.7. The van der Waals surface area contributed by atoms with Crippen LogP contribution in [0.2, 0.25) is 5.02 Å². The fourth-order valence-electron chi connectivity index (χ4n) is 2.32. The number of aliphatic imine (C=N–C) groups is 1. The van der Waals surface area contributed by atoms with Gasteiger partial charge in [-0.15, -0.1) is 24.0 Å². The SMILES string of the molecule is CCNC(=NCC1(C)COC1)N(C)Cc1cc(Cl)cn1C.I. The summed E-state index contributed by atoms with van der Waals surface area (Å²) >= 11 is 6.04. The van der Waals surface area contributed by atoms with Gasteiger partial charge in [-0.2, -0.15) is 0 Å². The normalized spacial score (nSPS) is 16.7. The minimum absolute atomic E-state index is 0. The second kappa shape index (κ2) is 8.40. The molecule has 2 rings (SSSR count). The Balaban J connectivity index is 0.00000242. The van der Waals surface area contributed by atoms with Gasteiger partial charge in [0.05, 0.1) is 31.3 Å². The van der Waals surface area contributed by atoms with Gasteiger partial charge >= 0.3 is 0 Å². The largest absolute Gasteiger partial charge is 0.380 e. The first kappa shape index (κ1) is 19.6. The van der Waals surface area contributed by atoms with Crippen LogP contribution in [0, 0.1) is 5.41 Å². The van der Waals surface area contributed by atoms with Crippen LogP contribution >= 0.6 is 35.6 Å². The smallest absolute Gasteiger partial charge is 0.194 e. The molecule has 0 amide bonds. The molecule has 1 saturated heterocycles. The van der Waals surface area contributed by atoms with Crippen molar-refractivity contribution in [2.24, 2.45) is 17.5 Å². The highest BCUT2D eigenvalue weighted by Gasteiger charge is 2.33. The summed E-state index contributed by atoms with van der Waals surface area (Å²) in [6.07, 6.45) is 1.92. The molecule has 0 radical (unpaired) electrons. The molecule has 0 spiro atoms. The fourth-order valence-corrected chi connectivity index (χ4v) is 2.59. The first-order valence-electron chi connectivity index (χ1n) is 7.31. The van der Waals surface area contributed by atoms with E-state index in [1.165, 1.54) is 0 Å². The van der Waals surface area contributed by atoms with Crippen molar-refractivity contribution in [2.45, 2.75) is 20.4 Å². The highest BCUT2D eigenvalue weighted by Crippen LogP contribution is 2.26. The van der Waals surface area contributed by atoms with E-state index in [-0.39, 0.29) is 29.4 Å². The zero-order chi connectivity index (χ0) is 15.5. The first-order valence-corrected chi connectivity index (χ1v) is 7.69. The molecule has 0 aromatic carbocycles. The van der Waals surface area contributed by atoms with Crippen LogP contribution in [0.25, 0.3) is 0 Å². The molecule has 1 aliphatic rings. The van der Waals surface area contributed by atoms with Crippen molar-refractivity contribution in [2.75, 3.05) is 33.4 Å². The van der Waals surface area contributed by atoms with Crippen LogP contribution in [-0.2, 0) is 18.3 Å². The van der Waals surface area contributed by atoms with Crippen molar-refractivity contribution in [3.8, 4) is 0 Å². The quantitative estimate of drug-likeness (QED) is 0.435.